The Morgan fingerprint density at radius 3 is 2.13 bits per heavy atom. The quantitative estimate of drug-likeness (QED) is 0.616. The number of allylic oxidation sites excluding steroid dienone is 4. The molecule has 1 atom stereocenters. The molecule has 0 spiro atoms. The summed E-state index contributed by atoms with van der Waals surface area (Å²) in [6.07, 6.45) is 8.15. The molecule has 1 unspecified atom stereocenters. The first-order valence-electron chi connectivity index (χ1n) is 8.26. The Hall–Kier alpha value is -1.46. The molecular formula is C21H25OP. The molecule has 1 aromatic rings. The summed E-state index contributed by atoms with van der Waals surface area (Å²) in [5.41, 5.74) is 3.67. The fourth-order valence-electron chi connectivity index (χ4n) is 3.29. The van der Waals surface area contributed by atoms with E-state index < -0.39 is 0 Å². The fraction of sp³-hybridized carbons (Fsp3) is 0.429. The number of benzene rings is 1. The second-order valence-electron chi connectivity index (χ2n) is 8.54. The van der Waals surface area contributed by atoms with E-state index in [1.807, 2.05) is 18.2 Å². The first-order valence-corrected chi connectivity index (χ1v) is 9.15. The number of ketones is 1. The van der Waals surface area contributed by atoms with Crippen LogP contribution in [0.2, 0.25) is 0 Å². The average Bonchev–Trinajstić information content (AvgIpc) is 2.44. The third-order valence-electron chi connectivity index (χ3n) is 4.55. The minimum Gasteiger partial charge on any atom is -0.293 e. The van der Waals surface area contributed by atoms with Gasteiger partial charge in [0.2, 0.25) is 0 Å². The van der Waals surface area contributed by atoms with Crippen LogP contribution in [0.4, 0.5) is 0 Å². The third-order valence-corrected chi connectivity index (χ3v) is 5.85. The molecule has 0 bridgehead atoms. The molecule has 1 nitrogen and oxygen atoms in total. The van der Waals surface area contributed by atoms with Gasteiger partial charge in [0.25, 0.3) is 0 Å². The molecule has 0 radical (unpaired) electrons. The van der Waals surface area contributed by atoms with Gasteiger partial charge < -0.3 is 0 Å². The molecule has 2 aliphatic rings. The predicted molar refractivity (Wildman–Crippen MR) is 102 cm³/mol. The highest BCUT2D eigenvalue weighted by Gasteiger charge is 2.33. The topological polar surface area (TPSA) is 17.1 Å². The standard InChI is InChI=1S/C21H25OP/c1-20(2,3)15-11-14-18(12-16(15)21(4,5)6)23-17-10-8-7-9-13(17)19(14)22/h7-13H,1-6H3. The van der Waals surface area contributed by atoms with Crippen molar-refractivity contribution in [3.05, 3.63) is 53.1 Å². The largest absolute Gasteiger partial charge is 0.293 e. The molecule has 1 heterocycles. The van der Waals surface area contributed by atoms with Gasteiger partial charge in [-0.1, -0.05) is 74.1 Å². The summed E-state index contributed by atoms with van der Waals surface area (Å²) in [6, 6.07) is 4.46. The van der Waals surface area contributed by atoms with Crippen molar-refractivity contribution >= 4 is 24.6 Å². The maximum atomic E-state index is 13.0. The molecule has 3 rings (SSSR count). The van der Waals surface area contributed by atoms with Crippen LogP contribution in [0.25, 0.3) is 0 Å². The van der Waals surface area contributed by atoms with E-state index in [0.29, 0.717) is 0 Å². The third kappa shape index (κ3) is 2.88. The van der Waals surface area contributed by atoms with Gasteiger partial charge in [0.15, 0.2) is 5.78 Å². The maximum absolute atomic E-state index is 13.0. The highest BCUT2D eigenvalue weighted by molar-refractivity contribution is 7.50. The van der Waals surface area contributed by atoms with Gasteiger partial charge in [-0.2, -0.15) is 0 Å². The van der Waals surface area contributed by atoms with E-state index in [2.05, 4.69) is 59.8 Å². The first-order chi connectivity index (χ1) is 10.6. The van der Waals surface area contributed by atoms with Crippen LogP contribution in [0.3, 0.4) is 0 Å². The summed E-state index contributed by atoms with van der Waals surface area (Å²) in [5.74, 6) is 0.183. The summed E-state index contributed by atoms with van der Waals surface area (Å²) in [4.78, 5) is 13.0. The molecule has 0 saturated heterocycles. The smallest absolute Gasteiger partial charge is 0.175 e. The van der Waals surface area contributed by atoms with Crippen LogP contribution >= 0.6 is 8.20 Å². The van der Waals surface area contributed by atoms with Crippen LogP contribution in [0.1, 0.15) is 63.0 Å². The van der Waals surface area contributed by atoms with Gasteiger partial charge in [-0.05, 0) is 39.4 Å². The zero-order valence-electron chi connectivity index (χ0n) is 14.9. The van der Waals surface area contributed by atoms with E-state index in [1.165, 1.54) is 29.9 Å². The summed E-state index contributed by atoms with van der Waals surface area (Å²) >= 11 is 0. The van der Waals surface area contributed by atoms with Gasteiger partial charge in [-0.25, -0.2) is 0 Å². The van der Waals surface area contributed by atoms with Gasteiger partial charge in [0.05, 0.1) is 5.92 Å². The molecule has 23 heavy (non-hydrogen) atoms. The van der Waals surface area contributed by atoms with Crippen LogP contribution in [-0.4, -0.2) is 11.1 Å². The minimum absolute atomic E-state index is 0.0289. The lowest BCUT2D eigenvalue weighted by Crippen LogP contribution is -2.32. The number of carbonyl (C=O) groups excluding carboxylic acids is 1. The van der Waals surface area contributed by atoms with Crippen LogP contribution < -0.4 is 5.30 Å². The Labute approximate surface area is 141 Å². The van der Waals surface area contributed by atoms with Crippen molar-refractivity contribution in [3.8, 4) is 0 Å². The average molecular weight is 324 g/mol. The van der Waals surface area contributed by atoms with Crippen molar-refractivity contribution in [1.29, 1.82) is 0 Å². The molecule has 1 aliphatic heterocycles. The summed E-state index contributed by atoms with van der Waals surface area (Å²) in [5, 5.41) is 2.37. The Bertz CT molecular complexity index is 764. The van der Waals surface area contributed by atoms with Gasteiger partial charge >= 0.3 is 0 Å². The molecule has 0 N–H and O–H groups in total. The Balaban J connectivity index is 2.28. The Morgan fingerprint density at radius 2 is 1.52 bits per heavy atom. The van der Waals surface area contributed by atoms with Crippen LogP contribution in [-0.2, 0) is 10.8 Å². The SMILES string of the molecule is CC(C)(C)c1cc2c(cc1C(C)(C)C)C(=O)C1C=CC=CC1=P2. The number of hydrogen-bond acceptors (Lipinski definition) is 1. The number of rotatable bonds is 0. The highest BCUT2D eigenvalue weighted by Crippen LogP contribution is 2.37. The molecule has 1 aromatic carbocycles. The van der Waals surface area contributed by atoms with E-state index in [0.717, 1.165) is 5.56 Å². The lowest BCUT2D eigenvalue weighted by molar-refractivity contribution is 0.0973. The second kappa shape index (κ2) is 5.28. The normalized spacial score (nSPS) is 20.9. The van der Waals surface area contributed by atoms with E-state index in [1.54, 1.807) is 0 Å². The molecule has 1 aliphatic carbocycles. The molecule has 2 heteroatoms. The lowest BCUT2D eigenvalue weighted by Gasteiger charge is -2.32. The minimum atomic E-state index is -0.0672. The van der Waals surface area contributed by atoms with Crippen molar-refractivity contribution in [2.24, 2.45) is 5.92 Å². The second-order valence-corrected chi connectivity index (χ2v) is 9.76. The monoisotopic (exact) mass is 324 g/mol. The van der Waals surface area contributed by atoms with Crippen molar-refractivity contribution in [3.63, 3.8) is 0 Å². The maximum Gasteiger partial charge on any atom is 0.175 e. The zero-order valence-corrected chi connectivity index (χ0v) is 15.8. The van der Waals surface area contributed by atoms with Gasteiger partial charge in [-0.3, -0.25) is 4.79 Å². The van der Waals surface area contributed by atoms with Crippen LogP contribution in [0.5, 0.6) is 0 Å². The van der Waals surface area contributed by atoms with E-state index >= 15 is 0 Å². The van der Waals surface area contributed by atoms with E-state index in [-0.39, 0.29) is 22.5 Å². The zero-order chi connectivity index (χ0) is 17.0. The van der Waals surface area contributed by atoms with Crippen LogP contribution in [0, 0.1) is 5.92 Å². The van der Waals surface area contributed by atoms with Crippen molar-refractivity contribution in [2.45, 2.75) is 52.4 Å². The number of Topliss-reactive ketones (excluding diaryl/α,β-unsaturated/α-hetero) is 1. The van der Waals surface area contributed by atoms with Gasteiger partial charge in [0.1, 0.15) is 0 Å². The van der Waals surface area contributed by atoms with Gasteiger partial charge in [-0.15, -0.1) is 0 Å². The molecule has 0 aromatic heterocycles. The molecule has 0 fully saturated rings. The fourth-order valence-corrected chi connectivity index (χ4v) is 4.56. The Morgan fingerprint density at radius 1 is 0.913 bits per heavy atom. The summed E-state index contributed by atoms with van der Waals surface area (Å²) in [7, 11) is 1.18. The Kier molecular flexibility index (Phi) is 3.76. The van der Waals surface area contributed by atoms with Crippen molar-refractivity contribution in [2.75, 3.05) is 0 Å². The number of hydrogen-bond donors (Lipinski definition) is 0. The van der Waals surface area contributed by atoms with Crippen LogP contribution in [0.15, 0.2) is 36.4 Å². The first kappa shape index (κ1) is 16.4. The van der Waals surface area contributed by atoms with Crippen molar-refractivity contribution < 1.29 is 4.79 Å². The van der Waals surface area contributed by atoms with Crippen molar-refractivity contribution in [1.82, 2.24) is 0 Å². The van der Waals surface area contributed by atoms with E-state index in [4.69, 9.17) is 0 Å². The van der Waals surface area contributed by atoms with Gasteiger partial charge in [0, 0.05) is 10.9 Å². The highest BCUT2D eigenvalue weighted by atomic mass is 31.1. The molecule has 0 saturated carbocycles. The number of carbonyl (C=O) groups is 1. The number of fused-ring (bicyclic) bond motifs is 2. The summed E-state index contributed by atoms with van der Waals surface area (Å²) in [6.45, 7) is 13.5. The predicted octanol–water partition coefficient (Wildman–Crippen LogP) is 4.96. The molecular weight excluding hydrogens is 299 g/mol. The lowest BCUT2D eigenvalue weighted by atomic mass is 9.74. The van der Waals surface area contributed by atoms with E-state index in [9.17, 15) is 4.79 Å². The summed E-state index contributed by atoms with van der Waals surface area (Å²) < 4.78 is 0. The molecule has 120 valence electrons. The molecule has 0 amide bonds.